The minimum absolute atomic E-state index is 0.0404. The molecule has 0 spiro atoms. The lowest BCUT2D eigenvalue weighted by Gasteiger charge is -2.06. The van der Waals surface area contributed by atoms with Gasteiger partial charge >= 0.3 is 0 Å². The monoisotopic (exact) mass is 355 g/mol. The minimum atomic E-state index is -0.0404. The molecule has 1 amide bonds. The number of para-hydroxylation sites is 1. The maximum Gasteiger partial charge on any atom is 0.234 e. The second-order valence-electron chi connectivity index (χ2n) is 5.40. The van der Waals surface area contributed by atoms with Crippen LogP contribution >= 0.6 is 23.3 Å². The second-order valence-corrected chi connectivity index (χ2v) is 7.38. The van der Waals surface area contributed by atoms with Crippen LogP contribution in [0.1, 0.15) is 11.1 Å². The summed E-state index contributed by atoms with van der Waals surface area (Å²) in [6, 6.07) is 15.8. The summed E-state index contributed by atoms with van der Waals surface area (Å²) in [4.78, 5) is 16.6. The van der Waals surface area contributed by atoms with Gasteiger partial charge in [0.2, 0.25) is 5.91 Å². The molecular formula is C18H17N3OS2. The van der Waals surface area contributed by atoms with Crippen molar-refractivity contribution in [2.24, 2.45) is 0 Å². The Bertz CT molecular complexity index is 843. The Morgan fingerprint density at radius 1 is 1.12 bits per heavy atom. The van der Waals surface area contributed by atoms with Crippen molar-refractivity contribution in [1.29, 1.82) is 0 Å². The average molecular weight is 355 g/mol. The molecule has 0 radical (unpaired) electrons. The van der Waals surface area contributed by atoms with E-state index < -0.39 is 0 Å². The Morgan fingerprint density at radius 3 is 2.62 bits per heavy atom. The van der Waals surface area contributed by atoms with Gasteiger partial charge in [-0.2, -0.15) is 4.37 Å². The number of benzene rings is 2. The first-order chi connectivity index (χ1) is 11.6. The molecule has 0 unspecified atom stereocenters. The first kappa shape index (κ1) is 16.7. The topological polar surface area (TPSA) is 54.9 Å². The third-order valence-electron chi connectivity index (χ3n) is 3.46. The number of hydrogen-bond donors (Lipinski definition) is 1. The number of anilines is 1. The Morgan fingerprint density at radius 2 is 1.88 bits per heavy atom. The lowest BCUT2D eigenvalue weighted by atomic mass is 10.1. The van der Waals surface area contributed by atoms with Crippen LogP contribution in [0, 0.1) is 13.8 Å². The fourth-order valence-corrected chi connectivity index (χ4v) is 3.53. The highest BCUT2D eigenvalue weighted by molar-refractivity contribution is 8.01. The van der Waals surface area contributed by atoms with Crippen molar-refractivity contribution in [3.8, 4) is 11.4 Å². The van der Waals surface area contributed by atoms with Crippen molar-refractivity contribution in [1.82, 2.24) is 9.36 Å². The molecule has 1 N–H and O–H groups in total. The number of rotatable bonds is 5. The molecule has 0 atom stereocenters. The first-order valence-corrected chi connectivity index (χ1v) is 9.27. The summed E-state index contributed by atoms with van der Waals surface area (Å²) in [6.07, 6.45) is 0. The van der Waals surface area contributed by atoms with Crippen molar-refractivity contribution < 1.29 is 4.79 Å². The van der Waals surface area contributed by atoms with E-state index in [1.165, 1.54) is 28.9 Å². The molecule has 0 aliphatic heterocycles. The smallest absolute Gasteiger partial charge is 0.234 e. The second kappa shape index (κ2) is 7.59. The van der Waals surface area contributed by atoms with Crippen molar-refractivity contribution >= 4 is 34.9 Å². The molecule has 0 bridgehead atoms. The predicted molar refractivity (Wildman–Crippen MR) is 101 cm³/mol. The van der Waals surface area contributed by atoms with Gasteiger partial charge in [0.1, 0.15) is 0 Å². The number of aromatic nitrogens is 2. The van der Waals surface area contributed by atoms with Crippen molar-refractivity contribution in [3.05, 3.63) is 59.7 Å². The van der Waals surface area contributed by atoms with Gasteiger partial charge in [-0.05, 0) is 37.0 Å². The molecule has 24 heavy (non-hydrogen) atoms. The van der Waals surface area contributed by atoms with Gasteiger partial charge in [-0.25, -0.2) is 4.98 Å². The lowest BCUT2D eigenvalue weighted by molar-refractivity contribution is -0.113. The largest absolute Gasteiger partial charge is 0.325 e. The van der Waals surface area contributed by atoms with E-state index in [0.29, 0.717) is 11.6 Å². The number of nitrogens with zero attached hydrogens (tertiary/aromatic N) is 2. The van der Waals surface area contributed by atoms with E-state index in [9.17, 15) is 4.79 Å². The summed E-state index contributed by atoms with van der Waals surface area (Å²) >= 11 is 2.73. The number of nitrogens with one attached hydrogen (secondary N) is 1. The van der Waals surface area contributed by atoms with Crippen molar-refractivity contribution in [3.63, 3.8) is 0 Å². The molecule has 1 heterocycles. The Kier molecular flexibility index (Phi) is 5.27. The number of amides is 1. The summed E-state index contributed by atoms with van der Waals surface area (Å²) in [5.41, 5.74) is 4.10. The van der Waals surface area contributed by atoms with E-state index in [0.717, 1.165) is 21.2 Å². The van der Waals surface area contributed by atoms with Gasteiger partial charge in [0.15, 0.2) is 10.2 Å². The van der Waals surface area contributed by atoms with E-state index in [2.05, 4.69) is 14.7 Å². The fourth-order valence-electron chi connectivity index (χ4n) is 2.11. The number of thioether (sulfide) groups is 1. The maximum absolute atomic E-state index is 12.1. The first-order valence-electron chi connectivity index (χ1n) is 7.51. The molecule has 3 rings (SSSR count). The zero-order chi connectivity index (χ0) is 16.9. The Hall–Kier alpha value is -2.18. The molecule has 0 saturated carbocycles. The molecule has 1 aromatic heterocycles. The van der Waals surface area contributed by atoms with Crippen LogP contribution in [0.2, 0.25) is 0 Å². The van der Waals surface area contributed by atoms with E-state index >= 15 is 0 Å². The van der Waals surface area contributed by atoms with Gasteiger partial charge in [-0.1, -0.05) is 59.8 Å². The predicted octanol–water partition coefficient (Wildman–Crippen LogP) is 4.55. The normalized spacial score (nSPS) is 10.6. The average Bonchev–Trinajstić information content (AvgIpc) is 3.05. The SMILES string of the molecule is Cc1ccc(-c2nsc(SCC(=O)Nc3ccccc3C)n2)cc1. The highest BCUT2D eigenvalue weighted by atomic mass is 32.2. The van der Waals surface area contributed by atoms with Crippen LogP contribution in [0.5, 0.6) is 0 Å². The van der Waals surface area contributed by atoms with Crippen LogP contribution in [0.15, 0.2) is 52.9 Å². The number of hydrogen-bond acceptors (Lipinski definition) is 5. The molecule has 4 nitrogen and oxygen atoms in total. The standard InChI is InChI=1S/C18H17N3OS2/c1-12-7-9-14(10-8-12)17-20-18(24-21-17)23-11-16(22)19-15-6-4-3-5-13(15)2/h3-10H,11H2,1-2H3,(H,19,22). The summed E-state index contributed by atoms with van der Waals surface area (Å²) in [5.74, 6) is 0.986. The van der Waals surface area contributed by atoms with E-state index in [4.69, 9.17) is 0 Å². The zero-order valence-corrected chi connectivity index (χ0v) is 15.1. The van der Waals surface area contributed by atoms with Crippen LogP contribution in [0.25, 0.3) is 11.4 Å². The van der Waals surface area contributed by atoms with Gasteiger partial charge in [-0.15, -0.1) is 0 Å². The van der Waals surface area contributed by atoms with E-state index in [1.807, 2.05) is 62.4 Å². The summed E-state index contributed by atoms with van der Waals surface area (Å²) in [6.45, 7) is 4.02. The molecule has 6 heteroatoms. The van der Waals surface area contributed by atoms with Gasteiger partial charge in [0.25, 0.3) is 0 Å². The van der Waals surface area contributed by atoms with Crippen LogP contribution in [0.4, 0.5) is 5.69 Å². The van der Waals surface area contributed by atoms with Crippen LogP contribution in [-0.2, 0) is 4.79 Å². The third-order valence-corrected chi connectivity index (χ3v) is 5.30. The van der Waals surface area contributed by atoms with Gasteiger partial charge < -0.3 is 5.32 Å². The summed E-state index contributed by atoms with van der Waals surface area (Å²) in [5, 5.41) is 2.92. The van der Waals surface area contributed by atoms with E-state index in [1.54, 1.807) is 0 Å². The third kappa shape index (κ3) is 4.21. The Labute approximate surface area is 149 Å². The fraction of sp³-hybridized carbons (Fsp3) is 0.167. The molecule has 0 aliphatic rings. The van der Waals surface area contributed by atoms with Crippen LogP contribution in [-0.4, -0.2) is 21.0 Å². The van der Waals surface area contributed by atoms with Crippen molar-refractivity contribution in [2.45, 2.75) is 18.2 Å². The van der Waals surface area contributed by atoms with Crippen molar-refractivity contribution in [2.75, 3.05) is 11.1 Å². The highest BCUT2D eigenvalue weighted by Gasteiger charge is 2.10. The molecule has 3 aromatic rings. The zero-order valence-electron chi connectivity index (χ0n) is 13.4. The van der Waals surface area contributed by atoms with Gasteiger partial charge in [0, 0.05) is 11.3 Å². The van der Waals surface area contributed by atoms with Gasteiger partial charge in [-0.3, -0.25) is 4.79 Å². The molecule has 122 valence electrons. The van der Waals surface area contributed by atoms with Crippen LogP contribution < -0.4 is 5.32 Å². The number of carbonyl (C=O) groups is 1. The molecule has 0 fully saturated rings. The highest BCUT2D eigenvalue weighted by Crippen LogP contribution is 2.25. The number of aryl methyl sites for hydroxylation is 2. The van der Waals surface area contributed by atoms with Gasteiger partial charge in [0.05, 0.1) is 5.75 Å². The quantitative estimate of drug-likeness (QED) is 0.682. The van der Waals surface area contributed by atoms with Crippen LogP contribution in [0.3, 0.4) is 0 Å². The number of carbonyl (C=O) groups excluding carboxylic acids is 1. The molecule has 0 aliphatic carbocycles. The Balaban J connectivity index is 1.58. The summed E-state index contributed by atoms with van der Waals surface area (Å²) in [7, 11) is 0. The molecule has 0 saturated heterocycles. The van der Waals surface area contributed by atoms with E-state index in [-0.39, 0.29) is 5.91 Å². The molecular weight excluding hydrogens is 338 g/mol. The minimum Gasteiger partial charge on any atom is -0.325 e. The maximum atomic E-state index is 12.1. The molecule has 2 aromatic carbocycles. The lowest BCUT2D eigenvalue weighted by Crippen LogP contribution is -2.14. The summed E-state index contributed by atoms with van der Waals surface area (Å²) < 4.78 is 5.17.